The van der Waals surface area contributed by atoms with Crippen molar-refractivity contribution in [3.05, 3.63) is 49.1 Å². The largest absolute Gasteiger partial charge is 0.356 e. The molecule has 32 heavy (non-hydrogen) atoms. The third kappa shape index (κ3) is 4.88. The van der Waals surface area contributed by atoms with Crippen LogP contribution in [0.3, 0.4) is 0 Å². The van der Waals surface area contributed by atoms with Gasteiger partial charge < -0.3 is 14.8 Å². The molecule has 9 heteroatoms. The first-order chi connectivity index (χ1) is 15.7. The zero-order valence-corrected chi connectivity index (χ0v) is 18.1. The SMILES string of the molecule is C=C(N=CC=NC)c1ccc(NC(=O)Cn2ccc3c(N4CCCCC4)ncnc32)nc1. The van der Waals surface area contributed by atoms with Crippen molar-refractivity contribution >= 4 is 46.7 Å². The van der Waals surface area contributed by atoms with E-state index in [1.807, 2.05) is 22.9 Å². The number of aliphatic imine (C=N–C) groups is 2. The average molecular weight is 431 g/mol. The number of amides is 1. The highest BCUT2D eigenvalue weighted by Gasteiger charge is 2.17. The van der Waals surface area contributed by atoms with E-state index in [0.29, 0.717) is 11.5 Å². The zero-order chi connectivity index (χ0) is 22.3. The molecule has 164 valence electrons. The van der Waals surface area contributed by atoms with Gasteiger partial charge in [-0.25, -0.2) is 15.0 Å². The first-order valence-corrected chi connectivity index (χ1v) is 10.6. The molecule has 0 spiro atoms. The zero-order valence-electron chi connectivity index (χ0n) is 18.1. The molecular formula is C23H26N8O. The van der Waals surface area contributed by atoms with Gasteiger partial charge in [-0.2, -0.15) is 0 Å². The molecule has 0 bridgehead atoms. The maximum atomic E-state index is 12.6. The van der Waals surface area contributed by atoms with E-state index in [9.17, 15) is 4.79 Å². The molecule has 1 fully saturated rings. The highest BCUT2D eigenvalue weighted by Crippen LogP contribution is 2.26. The molecule has 4 rings (SSSR count). The Hall–Kier alpha value is -3.88. The van der Waals surface area contributed by atoms with Gasteiger partial charge in [0.25, 0.3) is 0 Å². The van der Waals surface area contributed by atoms with E-state index in [-0.39, 0.29) is 12.5 Å². The van der Waals surface area contributed by atoms with Gasteiger partial charge in [0.15, 0.2) is 0 Å². The molecule has 1 aliphatic heterocycles. The number of anilines is 2. The van der Waals surface area contributed by atoms with Crippen molar-refractivity contribution in [1.82, 2.24) is 19.5 Å². The van der Waals surface area contributed by atoms with E-state index < -0.39 is 0 Å². The second-order valence-electron chi connectivity index (χ2n) is 7.54. The topological polar surface area (TPSA) is 101 Å². The van der Waals surface area contributed by atoms with E-state index >= 15 is 0 Å². The van der Waals surface area contributed by atoms with Crippen LogP contribution in [0.25, 0.3) is 16.7 Å². The number of piperidine rings is 1. The molecule has 0 aliphatic carbocycles. The predicted octanol–water partition coefficient (Wildman–Crippen LogP) is 3.20. The summed E-state index contributed by atoms with van der Waals surface area (Å²) in [4.78, 5) is 36.2. The molecule has 3 aromatic rings. The number of aromatic nitrogens is 4. The predicted molar refractivity (Wildman–Crippen MR) is 128 cm³/mol. The number of carbonyl (C=O) groups excluding carboxylic acids is 1. The fourth-order valence-corrected chi connectivity index (χ4v) is 3.72. The first kappa shape index (κ1) is 21.4. The summed E-state index contributed by atoms with van der Waals surface area (Å²) in [5, 5.41) is 3.80. The lowest BCUT2D eigenvalue weighted by Gasteiger charge is -2.28. The minimum Gasteiger partial charge on any atom is -0.356 e. The van der Waals surface area contributed by atoms with Gasteiger partial charge in [0.05, 0.1) is 11.1 Å². The summed E-state index contributed by atoms with van der Waals surface area (Å²) in [6.07, 6.45) is 11.8. The molecule has 1 saturated heterocycles. The number of hydrogen-bond donors (Lipinski definition) is 1. The monoisotopic (exact) mass is 430 g/mol. The molecule has 0 radical (unpaired) electrons. The Bertz CT molecular complexity index is 1160. The van der Waals surface area contributed by atoms with Crippen molar-refractivity contribution in [3.63, 3.8) is 0 Å². The lowest BCUT2D eigenvalue weighted by molar-refractivity contribution is -0.116. The van der Waals surface area contributed by atoms with Crippen molar-refractivity contribution in [2.24, 2.45) is 9.98 Å². The highest BCUT2D eigenvalue weighted by molar-refractivity contribution is 6.17. The van der Waals surface area contributed by atoms with Crippen LogP contribution in [0.1, 0.15) is 24.8 Å². The van der Waals surface area contributed by atoms with Crippen molar-refractivity contribution in [2.75, 3.05) is 30.4 Å². The van der Waals surface area contributed by atoms with Gasteiger partial charge in [-0.1, -0.05) is 6.58 Å². The number of nitrogens with one attached hydrogen (secondary N) is 1. The van der Waals surface area contributed by atoms with Gasteiger partial charge in [-0.05, 0) is 37.5 Å². The molecule has 0 atom stereocenters. The van der Waals surface area contributed by atoms with E-state index in [1.165, 1.54) is 19.3 Å². The molecule has 1 aliphatic rings. The molecule has 0 aromatic carbocycles. The maximum absolute atomic E-state index is 12.6. The number of nitrogens with zero attached hydrogens (tertiary/aromatic N) is 7. The summed E-state index contributed by atoms with van der Waals surface area (Å²) in [7, 11) is 1.67. The third-order valence-corrected chi connectivity index (χ3v) is 5.31. The standard InChI is InChI=1S/C23H26N8O/c1-17(25-10-9-24-2)18-6-7-20(26-14-18)29-21(32)15-31-13-8-19-22(27-16-28-23(19)31)30-11-4-3-5-12-30/h6-10,13-14,16H,1,3-5,11-12,15H2,2H3,(H,26,29,32). The van der Waals surface area contributed by atoms with Gasteiger partial charge >= 0.3 is 0 Å². The van der Waals surface area contributed by atoms with Crippen LogP contribution in [0.2, 0.25) is 0 Å². The summed E-state index contributed by atoms with van der Waals surface area (Å²) in [6.45, 7) is 6.04. The quantitative estimate of drug-likeness (QED) is 0.580. The molecule has 4 heterocycles. The van der Waals surface area contributed by atoms with Crippen molar-refractivity contribution in [2.45, 2.75) is 25.8 Å². The van der Waals surface area contributed by atoms with Gasteiger partial charge in [0.1, 0.15) is 30.2 Å². The number of carbonyl (C=O) groups is 1. The Morgan fingerprint density at radius 2 is 2.00 bits per heavy atom. The molecule has 0 unspecified atom stereocenters. The van der Waals surface area contributed by atoms with E-state index in [0.717, 1.165) is 35.5 Å². The smallest absolute Gasteiger partial charge is 0.245 e. The van der Waals surface area contributed by atoms with Crippen LogP contribution in [0, 0.1) is 0 Å². The fraction of sp³-hybridized carbons (Fsp3) is 0.304. The molecular weight excluding hydrogens is 404 g/mol. The highest BCUT2D eigenvalue weighted by atomic mass is 16.2. The van der Waals surface area contributed by atoms with Crippen molar-refractivity contribution in [1.29, 1.82) is 0 Å². The molecule has 9 nitrogen and oxygen atoms in total. The van der Waals surface area contributed by atoms with Gasteiger partial charge in [-0.15, -0.1) is 0 Å². The first-order valence-electron chi connectivity index (χ1n) is 10.6. The normalized spacial score (nSPS) is 14.5. The van der Waals surface area contributed by atoms with Crippen molar-refractivity contribution < 1.29 is 4.79 Å². The van der Waals surface area contributed by atoms with Crippen LogP contribution in [0.5, 0.6) is 0 Å². The minimum atomic E-state index is -0.183. The average Bonchev–Trinajstić information content (AvgIpc) is 3.23. The lowest BCUT2D eigenvalue weighted by atomic mass is 10.1. The van der Waals surface area contributed by atoms with Gasteiger partial charge in [0, 0.05) is 50.5 Å². The summed E-state index contributed by atoms with van der Waals surface area (Å²) < 4.78 is 1.83. The van der Waals surface area contributed by atoms with Crippen LogP contribution in [0.15, 0.2) is 53.5 Å². The summed E-state index contributed by atoms with van der Waals surface area (Å²) in [5.41, 5.74) is 2.09. The van der Waals surface area contributed by atoms with Gasteiger partial charge in [-0.3, -0.25) is 14.8 Å². The number of rotatable bonds is 7. The Morgan fingerprint density at radius 3 is 2.75 bits per heavy atom. The van der Waals surface area contributed by atoms with Crippen LogP contribution in [-0.4, -0.2) is 58.0 Å². The molecule has 3 aromatic heterocycles. The molecule has 1 N–H and O–H groups in total. The van der Waals surface area contributed by atoms with E-state index in [4.69, 9.17) is 0 Å². The Balaban J connectivity index is 1.42. The van der Waals surface area contributed by atoms with Crippen LogP contribution < -0.4 is 10.2 Å². The third-order valence-electron chi connectivity index (χ3n) is 5.31. The second-order valence-corrected chi connectivity index (χ2v) is 7.54. The second kappa shape index (κ2) is 9.95. The number of fused-ring (bicyclic) bond motifs is 1. The molecule has 0 saturated carbocycles. The lowest BCUT2D eigenvalue weighted by Crippen LogP contribution is -2.30. The summed E-state index contributed by atoms with van der Waals surface area (Å²) in [6, 6.07) is 5.52. The van der Waals surface area contributed by atoms with Crippen LogP contribution in [0.4, 0.5) is 11.6 Å². The van der Waals surface area contributed by atoms with Crippen LogP contribution >= 0.6 is 0 Å². The van der Waals surface area contributed by atoms with Crippen molar-refractivity contribution in [3.8, 4) is 0 Å². The van der Waals surface area contributed by atoms with Crippen LogP contribution in [-0.2, 0) is 11.3 Å². The number of pyridine rings is 1. The van der Waals surface area contributed by atoms with E-state index in [1.54, 1.807) is 38.1 Å². The minimum absolute atomic E-state index is 0.136. The van der Waals surface area contributed by atoms with E-state index in [2.05, 4.69) is 41.7 Å². The number of hydrogen-bond acceptors (Lipinski definition) is 7. The Morgan fingerprint density at radius 1 is 1.16 bits per heavy atom. The summed E-state index contributed by atoms with van der Waals surface area (Å²) >= 11 is 0. The summed E-state index contributed by atoms with van der Waals surface area (Å²) in [5.74, 6) is 1.22. The Kier molecular flexibility index (Phi) is 6.64. The maximum Gasteiger partial charge on any atom is 0.245 e. The fourth-order valence-electron chi connectivity index (χ4n) is 3.72. The van der Waals surface area contributed by atoms with Gasteiger partial charge in [0.2, 0.25) is 5.91 Å². The molecule has 1 amide bonds. The Labute approximate surface area is 186 Å².